The second-order valence-corrected chi connectivity index (χ2v) is 4.67. The molecule has 0 aliphatic heterocycles. The summed E-state index contributed by atoms with van der Waals surface area (Å²) in [4.78, 5) is 11.6. The van der Waals surface area contributed by atoms with Crippen LogP contribution in [0.3, 0.4) is 0 Å². The fraction of sp³-hybridized carbons (Fsp3) is 0.417. The van der Waals surface area contributed by atoms with Gasteiger partial charge < -0.3 is 14.3 Å². The van der Waals surface area contributed by atoms with Gasteiger partial charge in [0.15, 0.2) is 0 Å². The van der Waals surface area contributed by atoms with Gasteiger partial charge in [-0.1, -0.05) is 12.1 Å². The topological polar surface area (TPSA) is 46.5 Å². The van der Waals surface area contributed by atoms with Crippen molar-refractivity contribution >= 4 is 24.8 Å². The van der Waals surface area contributed by atoms with Crippen LogP contribution in [0.4, 0.5) is 0 Å². The standard InChI is InChI=1S/C12H17NO3.Li.H/c1-13(2,3)8-9-16-12(15)10-6-4-5-7-11(10)14;;/h4-7H,8-9H2,1-3H3;;/p+1. The first-order valence-electron chi connectivity index (χ1n) is 5.16. The van der Waals surface area contributed by atoms with Crippen LogP contribution in [0, 0.1) is 0 Å². The molecular formula is C12H19LiNO3+. The molecule has 0 fully saturated rings. The van der Waals surface area contributed by atoms with E-state index in [1.807, 2.05) is 21.1 Å². The van der Waals surface area contributed by atoms with Crippen molar-refractivity contribution in [3.63, 3.8) is 0 Å². The summed E-state index contributed by atoms with van der Waals surface area (Å²) in [5, 5.41) is 9.44. The van der Waals surface area contributed by atoms with Crippen LogP contribution in [0.25, 0.3) is 0 Å². The van der Waals surface area contributed by atoms with Gasteiger partial charge in [-0.05, 0) is 12.1 Å². The van der Waals surface area contributed by atoms with Crippen molar-refractivity contribution in [3.05, 3.63) is 29.8 Å². The van der Waals surface area contributed by atoms with Gasteiger partial charge in [0.05, 0.1) is 21.1 Å². The number of hydrogen-bond donors (Lipinski definition) is 1. The van der Waals surface area contributed by atoms with E-state index in [1.54, 1.807) is 18.2 Å². The SMILES string of the molecule is C[N+](C)(C)CCOC(=O)c1ccccc1O.[LiH]. The Morgan fingerprint density at radius 3 is 2.41 bits per heavy atom. The molecule has 1 rings (SSSR count). The van der Waals surface area contributed by atoms with Crippen molar-refractivity contribution in [2.24, 2.45) is 0 Å². The molecule has 0 saturated carbocycles. The van der Waals surface area contributed by atoms with Crippen molar-refractivity contribution in [1.29, 1.82) is 0 Å². The third kappa shape index (κ3) is 5.78. The molecule has 17 heavy (non-hydrogen) atoms. The number of benzene rings is 1. The number of phenolic OH excluding ortho intramolecular Hbond substituents is 1. The summed E-state index contributed by atoms with van der Waals surface area (Å²) in [6, 6.07) is 6.37. The van der Waals surface area contributed by atoms with Crippen molar-refractivity contribution in [2.75, 3.05) is 34.3 Å². The molecule has 0 radical (unpaired) electrons. The molecule has 0 aromatic heterocycles. The third-order valence-electron chi connectivity index (χ3n) is 2.12. The number of hydrogen-bond acceptors (Lipinski definition) is 3. The van der Waals surface area contributed by atoms with Crippen LogP contribution >= 0.6 is 0 Å². The number of para-hydroxylation sites is 1. The van der Waals surface area contributed by atoms with E-state index < -0.39 is 5.97 Å². The Kier molecular flexibility index (Phi) is 6.33. The summed E-state index contributed by atoms with van der Waals surface area (Å²) in [5.41, 5.74) is 0.212. The Labute approximate surface area is 114 Å². The molecule has 1 aromatic rings. The number of likely N-dealkylation sites (N-methyl/N-ethyl adjacent to an activating group) is 1. The number of rotatable bonds is 4. The van der Waals surface area contributed by atoms with Crippen LogP contribution in [0.15, 0.2) is 24.3 Å². The molecule has 0 atom stereocenters. The van der Waals surface area contributed by atoms with Crippen molar-refractivity contribution in [3.8, 4) is 5.75 Å². The summed E-state index contributed by atoms with van der Waals surface area (Å²) in [5.74, 6) is -0.524. The van der Waals surface area contributed by atoms with E-state index in [-0.39, 0.29) is 30.2 Å². The predicted octanol–water partition coefficient (Wildman–Crippen LogP) is 0.607. The van der Waals surface area contributed by atoms with Gasteiger partial charge in [-0.15, -0.1) is 0 Å². The first-order valence-corrected chi connectivity index (χ1v) is 5.16. The number of quaternary nitrogens is 1. The summed E-state index contributed by atoms with van der Waals surface area (Å²) in [6.07, 6.45) is 0. The molecule has 0 spiro atoms. The van der Waals surface area contributed by atoms with Gasteiger partial charge in [-0.25, -0.2) is 4.79 Å². The molecule has 0 heterocycles. The van der Waals surface area contributed by atoms with Crippen molar-refractivity contribution in [2.45, 2.75) is 0 Å². The van der Waals surface area contributed by atoms with Crippen LogP contribution in [0.2, 0.25) is 0 Å². The van der Waals surface area contributed by atoms with Crippen LogP contribution in [-0.2, 0) is 4.74 Å². The normalized spacial score (nSPS) is 10.5. The average Bonchev–Trinajstić information content (AvgIpc) is 2.16. The number of carbonyl (C=O) groups is 1. The van der Waals surface area contributed by atoms with Gasteiger partial charge in [0, 0.05) is 0 Å². The number of phenols is 1. The van der Waals surface area contributed by atoms with Crippen LogP contribution in [0.1, 0.15) is 10.4 Å². The van der Waals surface area contributed by atoms with Crippen LogP contribution < -0.4 is 0 Å². The van der Waals surface area contributed by atoms with E-state index in [4.69, 9.17) is 4.74 Å². The zero-order valence-electron chi connectivity index (χ0n) is 9.93. The number of aromatic hydroxyl groups is 1. The Morgan fingerprint density at radius 2 is 1.88 bits per heavy atom. The first-order chi connectivity index (χ1) is 7.40. The maximum absolute atomic E-state index is 11.6. The van der Waals surface area contributed by atoms with E-state index in [9.17, 15) is 9.90 Å². The van der Waals surface area contributed by atoms with Gasteiger partial charge >= 0.3 is 24.8 Å². The third-order valence-corrected chi connectivity index (χ3v) is 2.12. The zero-order chi connectivity index (χ0) is 12.2. The van der Waals surface area contributed by atoms with Gasteiger partial charge in [0.25, 0.3) is 0 Å². The maximum atomic E-state index is 11.6. The molecule has 90 valence electrons. The fourth-order valence-electron chi connectivity index (χ4n) is 1.14. The number of ether oxygens (including phenoxy) is 1. The van der Waals surface area contributed by atoms with Gasteiger partial charge in [0.2, 0.25) is 0 Å². The molecule has 0 saturated heterocycles. The fourth-order valence-corrected chi connectivity index (χ4v) is 1.14. The first kappa shape index (κ1) is 16.0. The van der Waals surface area contributed by atoms with Gasteiger partial charge in [-0.3, -0.25) is 0 Å². The van der Waals surface area contributed by atoms with Crippen LogP contribution in [0.5, 0.6) is 5.75 Å². The molecule has 0 amide bonds. The number of esters is 1. The predicted molar refractivity (Wildman–Crippen MR) is 68.4 cm³/mol. The monoisotopic (exact) mass is 232 g/mol. The van der Waals surface area contributed by atoms with E-state index in [0.717, 1.165) is 11.0 Å². The molecule has 1 N–H and O–H groups in total. The van der Waals surface area contributed by atoms with Crippen molar-refractivity contribution < 1.29 is 19.1 Å². The minimum atomic E-state index is -0.480. The molecule has 5 heteroatoms. The van der Waals surface area contributed by atoms with Crippen molar-refractivity contribution in [1.82, 2.24) is 0 Å². The second-order valence-electron chi connectivity index (χ2n) is 4.67. The zero-order valence-corrected chi connectivity index (χ0v) is 9.93. The summed E-state index contributed by atoms with van der Waals surface area (Å²) in [7, 11) is 6.06. The van der Waals surface area contributed by atoms with Gasteiger partial charge in [-0.2, -0.15) is 0 Å². The molecule has 1 aromatic carbocycles. The van der Waals surface area contributed by atoms with E-state index in [2.05, 4.69) is 0 Å². The quantitative estimate of drug-likeness (QED) is 0.470. The molecular weight excluding hydrogens is 213 g/mol. The number of nitrogens with zero attached hydrogens (tertiary/aromatic N) is 1. The van der Waals surface area contributed by atoms with E-state index in [0.29, 0.717) is 6.61 Å². The molecule has 0 unspecified atom stereocenters. The molecule has 0 aliphatic rings. The van der Waals surface area contributed by atoms with E-state index >= 15 is 0 Å². The Morgan fingerprint density at radius 1 is 1.29 bits per heavy atom. The summed E-state index contributed by atoms with van der Waals surface area (Å²) < 4.78 is 5.80. The molecule has 4 nitrogen and oxygen atoms in total. The Balaban J connectivity index is 0.00000256. The van der Waals surface area contributed by atoms with Crippen LogP contribution in [-0.4, -0.2) is 68.7 Å². The van der Waals surface area contributed by atoms with E-state index in [1.165, 1.54) is 6.07 Å². The summed E-state index contributed by atoms with van der Waals surface area (Å²) in [6.45, 7) is 1.08. The summed E-state index contributed by atoms with van der Waals surface area (Å²) >= 11 is 0. The average molecular weight is 232 g/mol. The second kappa shape index (κ2) is 6.70. The molecule has 0 aliphatic carbocycles. The minimum absolute atomic E-state index is 0. The Bertz CT molecular complexity index is 374. The molecule has 0 bridgehead atoms. The Hall–Kier alpha value is -0.953. The van der Waals surface area contributed by atoms with Gasteiger partial charge in [0.1, 0.15) is 24.5 Å². The number of carbonyl (C=O) groups excluding carboxylic acids is 1.